The number of hydrogen-bond acceptors (Lipinski definition) is 5. The summed E-state index contributed by atoms with van der Waals surface area (Å²) >= 11 is 0. The van der Waals surface area contributed by atoms with Crippen molar-refractivity contribution in [2.24, 2.45) is 0 Å². The molecule has 1 atom stereocenters. The fraction of sp³-hybridized carbons (Fsp3) is 0.692. The number of hydrogen-bond donors (Lipinski definition) is 2. The molecule has 1 aromatic heterocycles. The smallest absolute Gasteiger partial charge is 0.274 e. The van der Waals surface area contributed by atoms with Crippen molar-refractivity contribution in [1.29, 1.82) is 0 Å². The summed E-state index contributed by atoms with van der Waals surface area (Å²) < 4.78 is 1.69. The Morgan fingerprint density at radius 3 is 2.71 bits per heavy atom. The monoisotopic (exact) mass is 292 g/mol. The number of amides is 2. The van der Waals surface area contributed by atoms with Gasteiger partial charge in [0.2, 0.25) is 5.91 Å². The van der Waals surface area contributed by atoms with E-state index < -0.39 is 6.04 Å². The minimum Gasteiger partial charge on any atom is -0.341 e. The van der Waals surface area contributed by atoms with Gasteiger partial charge in [0, 0.05) is 26.2 Å². The van der Waals surface area contributed by atoms with Crippen LogP contribution in [0.1, 0.15) is 36.3 Å². The quantitative estimate of drug-likeness (QED) is 0.755. The lowest BCUT2D eigenvalue weighted by Crippen LogP contribution is -2.46. The van der Waals surface area contributed by atoms with Crippen molar-refractivity contribution < 1.29 is 9.59 Å². The van der Waals surface area contributed by atoms with Crippen molar-refractivity contribution in [3.8, 4) is 0 Å². The third kappa shape index (κ3) is 2.90. The predicted octanol–water partition coefficient (Wildman–Crippen LogP) is -0.837. The second-order valence-corrected chi connectivity index (χ2v) is 5.62. The SMILES string of the molecule is CC(NC(=O)c1cn(C2CNC2)nn1)C(=O)N1CCCC1. The van der Waals surface area contributed by atoms with E-state index in [1.165, 1.54) is 0 Å². The van der Waals surface area contributed by atoms with Crippen LogP contribution in [0.4, 0.5) is 0 Å². The first-order valence-electron chi connectivity index (χ1n) is 7.37. The topological polar surface area (TPSA) is 92.1 Å². The Hall–Kier alpha value is -1.96. The van der Waals surface area contributed by atoms with Gasteiger partial charge < -0.3 is 15.5 Å². The highest BCUT2D eigenvalue weighted by Crippen LogP contribution is 2.11. The van der Waals surface area contributed by atoms with Crippen LogP contribution in [-0.2, 0) is 4.79 Å². The van der Waals surface area contributed by atoms with Gasteiger partial charge in [-0.2, -0.15) is 0 Å². The molecule has 0 aromatic carbocycles. The maximum atomic E-state index is 12.1. The summed E-state index contributed by atoms with van der Waals surface area (Å²) in [6.45, 7) is 4.95. The molecule has 8 heteroatoms. The van der Waals surface area contributed by atoms with E-state index in [0.717, 1.165) is 39.0 Å². The van der Waals surface area contributed by atoms with Crippen LogP contribution in [0.15, 0.2) is 6.20 Å². The van der Waals surface area contributed by atoms with Gasteiger partial charge in [0.15, 0.2) is 5.69 Å². The Labute approximate surface area is 122 Å². The second-order valence-electron chi connectivity index (χ2n) is 5.62. The first-order valence-corrected chi connectivity index (χ1v) is 7.37. The summed E-state index contributed by atoms with van der Waals surface area (Å²) in [6, 6.07) is -0.270. The normalized spacial score (nSPS) is 20.1. The molecule has 2 aliphatic rings. The number of carbonyl (C=O) groups is 2. The summed E-state index contributed by atoms with van der Waals surface area (Å²) in [5, 5.41) is 13.7. The standard InChI is InChI=1S/C13H20N6O2/c1-9(13(21)18-4-2-3-5-18)15-12(20)11-8-19(17-16-11)10-6-14-7-10/h8-10,14H,2-7H2,1H3,(H,15,20). The summed E-state index contributed by atoms with van der Waals surface area (Å²) in [5.41, 5.74) is 0.253. The molecule has 3 heterocycles. The summed E-state index contributed by atoms with van der Waals surface area (Å²) in [7, 11) is 0. The fourth-order valence-electron chi connectivity index (χ4n) is 2.56. The second kappa shape index (κ2) is 5.80. The van der Waals surface area contributed by atoms with Crippen molar-refractivity contribution in [2.75, 3.05) is 26.2 Å². The summed E-state index contributed by atoms with van der Waals surface area (Å²) in [5.74, 6) is -0.384. The maximum Gasteiger partial charge on any atom is 0.274 e. The van der Waals surface area contributed by atoms with Gasteiger partial charge in [0.1, 0.15) is 6.04 Å². The minimum atomic E-state index is -0.536. The molecular weight excluding hydrogens is 272 g/mol. The Kier molecular flexibility index (Phi) is 3.87. The van der Waals surface area contributed by atoms with Crippen molar-refractivity contribution in [3.63, 3.8) is 0 Å². The third-order valence-corrected chi connectivity index (χ3v) is 4.01. The molecule has 114 valence electrons. The van der Waals surface area contributed by atoms with Crippen LogP contribution < -0.4 is 10.6 Å². The third-order valence-electron chi connectivity index (χ3n) is 4.01. The fourth-order valence-corrected chi connectivity index (χ4v) is 2.56. The number of aromatic nitrogens is 3. The highest BCUT2D eigenvalue weighted by Gasteiger charge is 2.26. The Bertz CT molecular complexity index is 533. The van der Waals surface area contributed by atoms with Gasteiger partial charge in [-0.3, -0.25) is 9.59 Å². The molecule has 8 nitrogen and oxygen atoms in total. The van der Waals surface area contributed by atoms with E-state index in [4.69, 9.17) is 0 Å². The van der Waals surface area contributed by atoms with Gasteiger partial charge in [0.25, 0.3) is 5.91 Å². The zero-order chi connectivity index (χ0) is 14.8. The van der Waals surface area contributed by atoms with Gasteiger partial charge >= 0.3 is 0 Å². The zero-order valence-electron chi connectivity index (χ0n) is 12.1. The molecule has 0 spiro atoms. The number of nitrogens with one attached hydrogen (secondary N) is 2. The molecule has 0 aliphatic carbocycles. The molecule has 21 heavy (non-hydrogen) atoms. The number of likely N-dealkylation sites (tertiary alicyclic amines) is 1. The summed E-state index contributed by atoms with van der Waals surface area (Å²) in [4.78, 5) is 26.0. The van der Waals surface area contributed by atoms with Crippen LogP contribution in [-0.4, -0.2) is 63.9 Å². The molecule has 0 radical (unpaired) electrons. The van der Waals surface area contributed by atoms with E-state index >= 15 is 0 Å². The average molecular weight is 292 g/mol. The van der Waals surface area contributed by atoms with E-state index in [-0.39, 0.29) is 23.6 Å². The molecule has 3 rings (SSSR count). The van der Waals surface area contributed by atoms with Crippen LogP contribution in [0.25, 0.3) is 0 Å². The first-order chi connectivity index (χ1) is 10.1. The van der Waals surface area contributed by atoms with Crippen molar-refractivity contribution in [1.82, 2.24) is 30.5 Å². The molecule has 2 fully saturated rings. The Morgan fingerprint density at radius 2 is 2.10 bits per heavy atom. The first kappa shape index (κ1) is 14.0. The highest BCUT2D eigenvalue weighted by molar-refractivity contribution is 5.95. The van der Waals surface area contributed by atoms with Gasteiger partial charge in [-0.1, -0.05) is 5.21 Å². The van der Waals surface area contributed by atoms with Gasteiger partial charge in [-0.25, -0.2) is 4.68 Å². The number of carbonyl (C=O) groups excluding carboxylic acids is 2. The molecule has 0 bridgehead atoms. The predicted molar refractivity (Wildman–Crippen MR) is 74.7 cm³/mol. The van der Waals surface area contributed by atoms with E-state index in [9.17, 15) is 9.59 Å². The average Bonchev–Trinajstić information content (AvgIpc) is 3.06. The molecule has 2 amide bonds. The molecule has 0 saturated carbocycles. The molecule has 1 aromatic rings. The molecule has 1 unspecified atom stereocenters. The van der Waals surface area contributed by atoms with Crippen molar-refractivity contribution in [3.05, 3.63) is 11.9 Å². The number of nitrogens with zero attached hydrogens (tertiary/aromatic N) is 4. The van der Waals surface area contributed by atoms with Crippen LogP contribution in [0.2, 0.25) is 0 Å². The minimum absolute atomic E-state index is 0.0311. The lowest BCUT2D eigenvalue weighted by atomic mass is 10.2. The molecule has 2 aliphatic heterocycles. The van der Waals surface area contributed by atoms with E-state index in [0.29, 0.717) is 0 Å². The van der Waals surface area contributed by atoms with Crippen molar-refractivity contribution >= 4 is 11.8 Å². The number of rotatable bonds is 4. The zero-order valence-corrected chi connectivity index (χ0v) is 12.1. The van der Waals surface area contributed by atoms with E-state index in [2.05, 4.69) is 20.9 Å². The molecule has 2 saturated heterocycles. The molecular formula is C13H20N6O2. The lowest BCUT2D eigenvalue weighted by Gasteiger charge is -2.26. The van der Waals surface area contributed by atoms with Gasteiger partial charge in [0.05, 0.1) is 12.2 Å². The molecule has 2 N–H and O–H groups in total. The van der Waals surface area contributed by atoms with Crippen molar-refractivity contribution in [2.45, 2.75) is 31.8 Å². The van der Waals surface area contributed by atoms with E-state index in [1.807, 2.05) is 0 Å². The van der Waals surface area contributed by atoms with Gasteiger partial charge in [-0.15, -0.1) is 5.10 Å². The Morgan fingerprint density at radius 1 is 1.38 bits per heavy atom. The Balaban J connectivity index is 1.57. The van der Waals surface area contributed by atoms with Crippen LogP contribution in [0.5, 0.6) is 0 Å². The largest absolute Gasteiger partial charge is 0.341 e. The van der Waals surface area contributed by atoms with Crippen LogP contribution in [0, 0.1) is 0 Å². The van der Waals surface area contributed by atoms with Gasteiger partial charge in [-0.05, 0) is 19.8 Å². The highest BCUT2D eigenvalue weighted by atomic mass is 16.2. The lowest BCUT2D eigenvalue weighted by molar-refractivity contribution is -0.131. The van der Waals surface area contributed by atoms with Crippen LogP contribution in [0.3, 0.4) is 0 Å². The van der Waals surface area contributed by atoms with E-state index in [1.54, 1.807) is 22.7 Å². The summed E-state index contributed by atoms with van der Waals surface area (Å²) in [6.07, 6.45) is 3.71. The maximum absolute atomic E-state index is 12.1. The van der Waals surface area contributed by atoms with Crippen LogP contribution >= 0.6 is 0 Å².